The Balaban J connectivity index is 0. The normalized spacial score (nSPS) is 10.5. The van der Waals surface area contributed by atoms with Crippen molar-refractivity contribution in [3.63, 3.8) is 0 Å². The maximum Gasteiger partial charge on any atom is 0.217 e. The molecule has 4 N–H and O–H groups in total. The molecule has 0 fully saturated rings. The highest BCUT2D eigenvalue weighted by Gasteiger charge is 1.96. The van der Waals surface area contributed by atoms with Crippen LogP contribution in [-0.2, 0) is 9.59 Å². The van der Waals surface area contributed by atoms with E-state index in [2.05, 4.69) is 13.8 Å². The number of nitrogens with two attached hydrogens (primary N) is 2. The van der Waals surface area contributed by atoms with Gasteiger partial charge in [0.05, 0.1) is 0 Å². The fourth-order valence-corrected chi connectivity index (χ4v) is 3.57. The molecule has 0 aliphatic heterocycles. The monoisotopic (exact) mass is 426 g/mol. The summed E-state index contributed by atoms with van der Waals surface area (Å²) in [7, 11) is 0. The molecule has 30 heavy (non-hydrogen) atoms. The topological polar surface area (TPSA) is 86.2 Å². The van der Waals surface area contributed by atoms with Crippen LogP contribution >= 0.6 is 0 Å². The van der Waals surface area contributed by atoms with Crippen LogP contribution in [0.5, 0.6) is 0 Å². The van der Waals surface area contributed by atoms with E-state index in [0.717, 1.165) is 19.3 Å². The van der Waals surface area contributed by atoms with Gasteiger partial charge >= 0.3 is 0 Å². The Morgan fingerprint density at radius 1 is 0.400 bits per heavy atom. The molecule has 0 heterocycles. The van der Waals surface area contributed by atoms with E-state index in [0.29, 0.717) is 12.8 Å². The minimum absolute atomic E-state index is 0.157. The standard InChI is InChI=1S/C14H29NO.C12H25NO/c1-2-3-4-5-6-7-8-9-10-11-12-13-14(15)16;1-2-3-4-5-6-7-8-9-10-11-12(13)14/h2-13H2,1H3,(H2,15,16);2-11H2,1H3,(H2,13,14). The molecule has 0 radical (unpaired) electrons. The van der Waals surface area contributed by atoms with E-state index in [4.69, 9.17) is 11.5 Å². The number of primary amides is 2. The molecule has 0 spiro atoms. The van der Waals surface area contributed by atoms with Crippen LogP contribution in [0, 0.1) is 0 Å². The van der Waals surface area contributed by atoms with Gasteiger partial charge in [0.2, 0.25) is 11.8 Å². The molecule has 0 aromatic heterocycles. The molecule has 0 bridgehead atoms. The van der Waals surface area contributed by atoms with Gasteiger partial charge in [0.1, 0.15) is 0 Å². The van der Waals surface area contributed by atoms with Crippen LogP contribution in [0.4, 0.5) is 0 Å². The zero-order valence-electron chi connectivity index (χ0n) is 20.5. The van der Waals surface area contributed by atoms with Crippen LogP contribution in [0.3, 0.4) is 0 Å². The van der Waals surface area contributed by atoms with Crippen LogP contribution < -0.4 is 11.5 Å². The molecule has 0 aromatic rings. The Kier molecular flexibility index (Phi) is 29.0. The van der Waals surface area contributed by atoms with Gasteiger partial charge in [-0.3, -0.25) is 9.59 Å². The van der Waals surface area contributed by atoms with Gasteiger partial charge < -0.3 is 11.5 Å². The highest BCUT2D eigenvalue weighted by Crippen LogP contribution is 2.12. The summed E-state index contributed by atoms with van der Waals surface area (Å²) < 4.78 is 0. The summed E-state index contributed by atoms with van der Waals surface area (Å²) in [5, 5.41) is 0. The first kappa shape index (κ1) is 31.1. The van der Waals surface area contributed by atoms with Gasteiger partial charge in [0, 0.05) is 12.8 Å². The lowest BCUT2D eigenvalue weighted by molar-refractivity contribution is -0.119. The molecule has 0 saturated carbocycles. The van der Waals surface area contributed by atoms with Gasteiger partial charge in [-0.2, -0.15) is 0 Å². The first-order valence-electron chi connectivity index (χ1n) is 13.1. The van der Waals surface area contributed by atoms with E-state index < -0.39 is 0 Å². The summed E-state index contributed by atoms with van der Waals surface area (Å²) in [6.45, 7) is 4.50. The highest BCUT2D eigenvalue weighted by atomic mass is 16.1. The van der Waals surface area contributed by atoms with Crippen LogP contribution in [0.25, 0.3) is 0 Å². The third kappa shape index (κ3) is 34.4. The Morgan fingerprint density at radius 2 is 0.600 bits per heavy atom. The Labute approximate surface area is 188 Å². The third-order valence-electron chi connectivity index (χ3n) is 5.55. The highest BCUT2D eigenvalue weighted by molar-refractivity contribution is 5.73. The second-order valence-corrected chi connectivity index (χ2v) is 8.80. The average molecular weight is 427 g/mol. The number of hydrogen-bond donors (Lipinski definition) is 2. The smallest absolute Gasteiger partial charge is 0.217 e. The Hall–Kier alpha value is -1.06. The lowest BCUT2D eigenvalue weighted by atomic mass is 10.1. The fourth-order valence-electron chi connectivity index (χ4n) is 3.57. The summed E-state index contributed by atoms with van der Waals surface area (Å²) in [6, 6.07) is 0. The second-order valence-electron chi connectivity index (χ2n) is 8.80. The van der Waals surface area contributed by atoms with Crippen molar-refractivity contribution < 1.29 is 9.59 Å². The minimum atomic E-state index is -0.159. The number of amides is 2. The van der Waals surface area contributed by atoms with Gasteiger partial charge in [0.15, 0.2) is 0 Å². The van der Waals surface area contributed by atoms with Crippen molar-refractivity contribution in [3.05, 3.63) is 0 Å². The van der Waals surface area contributed by atoms with Crippen LogP contribution in [0.1, 0.15) is 155 Å². The van der Waals surface area contributed by atoms with Gasteiger partial charge in [-0.1, -0.05) is 129 Å². The van der Waals surface area contributed by atoms with E-state index in [1.54, 1.807) is 0 Å². The van der Waals surface area contributed by atoms with Crippen molar-refractivity contribution in [1.29, 1.82) is 0 Å². The molecule has 0 aliphatic rings. The molecular formula is C26H54N2O2. The lowest BCUT2D eigenvalue weighted by Gasteiger charge is -2.01. The van der Waals surface area contributed by atoms with Crippen molar-refractivity contribution >= 4 is 11.8 Å². The van der Waals surface area contributed by atoms with Crippen molar-refractivity contribution in [2.75, 3.05) is 0 Å². The molecule has 0 atom stereocenters. The number of rotatable bonds is 22. The van der Waals surface area contributed by atoms with Crippen molar-refractivity contribution in [2.24, 2.45) is 11.5 Å². The van der Waals surface area contributed by atoms with Gasteiger partial charge in [-0.25, -0.2) is 0 Å². The third-order valence-corrected chi connectivity index (χ3v) is 5.55. The largest absolute Gasteiger partial charge is 0.370 e. The van der Waals surface area contributed by atoms with Crippen molar-refractivity contribution in [3.8, 4) is 0 Å². The average Bonchev–Trinajstić information content (AvgIpc) is 2.71. The van der Waals surface area contributed by atoms with Crippen molar-refractivity contribution in [2.45, 2.75) is 155 Å². The molecule has 0 rings (SSSR count). The zero-order chi connectivity index (χ0) is 22.7. The number of hydrogen-bond acceptors (Lipinski definition) is 2. The second kappa shape index (κ2) is 27.9. The fraction of sp³-hybridized carbons (Fsp3) is 0.923. The molecular weight excluding hydrogens is 372 g/mol. The molecule has 0 unspecified atom stereocenters. The zero-order valence-corrected chi connectivity index (χ0v) is 20.5. The van der Waals surface area contributed by atoms with Crippen LogP contribution in [0.15, 0.2) is 0 Å². The molecule has 0 aromatic carbocycles. The Morgan fingerprint density at radius 3 is 0.800 bits per heavy atom. The molecule has 0 aliphatic carbocycles. The van der Waals surface area contributed by atoms with Crippen molar-refractivity contribution in [1.82, 2.24) is 0 Å². The van der Waals surface area contributed by atoms with E-state index in [9.17, 15) is 9.59 Å². The predicted molar refractivity (Wildman–Crippen MR) is 131 cm³/mol. The quantitative estimate of drug-likeness (QED) is 0.175. The lowest BCUT2D eigenvalue weighted by Crippen LogP contribution is -2.09. The summed E-state index contributed by atoms with van der Waals surface area (Å²) in [5.41, 5.74) is 10.1. The number of unbranched alkanes of at least 4 members (excludes halogenated alkanes) is 18. The van der Waals surface area contributed by atoms with E-state index in [1.807, 2.05) is 0 Å². The molecule has 4 heteroatoms. The first-order valence-corrected chi connectivity index (χ1v) is 13.1. The number of carbonyl (C=O) groups is 2. The number of carbonyl (C=O) groups excluding carboxylic acids is 2. The van der Waals surface area contributed by atoms with E-state index in [1.165, 1.54) is 109 Å². The minimum Gasteiger partial charge on any atom is -0.370 e. The molecule has 0 saturated heterocycles. The summed E-state index contributed by atoms with van der Waals surface area (Å²) in [5.74, 6) is -0.316. The van der Waals surface area contributed by atoms with Crippen LogP contribution in [-0.4, -0.2) is 11.8 Å². The van der Waals surface area contributed by atoms with Gasteiger partial charge in [-0.15, -0.1) is 0 Å². The summed E-state index contributed by atoms with van der Waals surface area (Å²) >= 11 is 0. The van der Waals surface area contributed by atoms with Gasteiger partial charge in [0.25, 0.3) is 0 Å². The maximum atomic E-state index is 10.5. The van der Waals surface area contributed by atoms with E-state index in [-0.39, 0.29) is 11.8 Å². The molecule has 180 valence electrons. The Bertz CT molecular complexity index is 359. The molecule has 2 amide bonds. The predicted octanol–water partition coefficient (Wildman–Crippen LogP) is 7.57. The molecule has 4 nitrogen and oxygen atoms in total. The van der Waals surface area contributed by atoms with E-state index >= 15 is 0 Å². The SMILES string of the molecule is CCCCCCCCCCCC(N)=O.CCCCCCCCCCCCCC(N)=O. The summed E-state index contributed by atoms with van der Waals surface area (Å²) in [4.78, 5) is 20.9. The first-order chi connectivity index (χ1) is 14.5. The summed E-state index contributed by atoms with van der Waals surface area (Å²) in [6.07, 6.45) is 27.1. The van der Waals surface area contributed by atoms with Crippen LogP contribution in [0.2, 0.25) is 0 Å². The van der Waals surface area contributed by atoms with Gasteiger partial charge in [-0.05, 0) is 12.8 Å². The maximum absolute atomic E-state index is 10.5.